The highest BCUT2D eigenvalue weighted by molar-refractivity contribution is 9.10. The third-order valence-electron chi connectivity index (χ3n) is 3.16. The number of para-hydroxylation sites is 1. The molecule has 0 spiro atoms. The fourth-order valence-electron chi connectivity index (χ4n) is 2.28. The van der Waals surface area contributed by atoms with Crippen LogP contribution in [-0.4, -0.2) is 0 Å². The van der Waals surface area contributed by atoms with Crippen molar-refractivity contribution in [1.29, 1.82) is 5.26 Å². The summed E-state index contributed by atoms with van der Waals surface area (Å²) in [6.07, 6.45) is 0. The molecule has 2 aromatic carbocycles. The Hall–Kier alpha value is -1.79. The van der Waals surface area contributed by atoms with Crippen LogP contribution in [0.3, 0.4) is 0 Å². The fraction of sp³-hybridized carbons (Fsp3) is 0.133. The van der Waals surface area contributed by atoms with E-state index in [1.54, 1.807) is 0 Å². The summed E-state index contributed by atoms with van der Waals surface area (Å²) in [6.45, 7) is 0.512. The normalized spacial score (nSPS) is 16.8. The SMILES string of the molecule is N#C[C@H]1c2cc(Br)ccc2COc2ccccc21. The summed E-state index contributed by atoms with van der Waals surface area (Å²) in [6, 6.07) is 16.1. The molecule has 0 unspecified atom stereocenters. The summed E-state index contributed by atoms with van der Waals surface area (Å²) in [5.74, 6) is 0.535. The van der Waals surface area contributed by atoms with Gasteiger partial charge in [0.1, 0.15) is 18.3 Å². The molecule has 0 aliphatic carbocycles. The minimum atomic E-state index is -0.267. The van der Waals surface area contributed by atoms with Crippen LogP contribution in [0.5, 0.6) is 5.75 Å². The first kappa shape index (κ1) is 11.3. The highest BCUT2D eigenvalue weighted by Gasteiger charge is 2.24. The third-order valence-corrected chi connectivity index (χ3v) is 3.65. The van der Waals surface area contributed by atoms with Crippen molar-refractivity contribution in [3.05, 3.63) is 63.6 Å². The molecule has 3 heteroatoms. The van der Waals surface area contributed by atoms with E-state index < -0.39 is 0 Å². The van der Waals surface area contributed by atoms with Gasteiger partial charge >= 0.3 is 0 Å². The summed E-state index contributed by atoms with van der Waals surface area (Å²) in [4.78, 5) is 0. The molecule has 3 rings (SSSR count). The molecule has 0 saturated heterocycles. The van der Waals surface area contributed by atoms with Crippen molar-refractivity contribution in [2.45, 2.75) is 12.5 Å². The van der Waals surface area contributed by atoms with Gasteiger partial charge in [0.15, 0.2) is 0 Å². The van der Waals surface area contributed by atoms with Gasteiger partial charge in [0.2, 0.25) is 0 Å². The lowest BCUT2D eigenvalue weighted by molar-refractivity contribution is 0.307. The van der Waals surface area contributed by atoms with Gasteiger partial charge in [-0.05, 0) is 29.3 Å². The van der Waals surface area contributed by atoms with Crippen LogP contribution >= 0.6 is 15.9 Å². The van der Waals surface area contributed by atoms with Crippen molar-refractivity contribution in [1.82, 2.24) is 0 Å². The maximum atomic E-state index is 9.48. The van der Waals surface area contributed by atoms with Crippen LogP contribution in [-0.2, 0) is 6.61 Å². The van der Waals surface area contributed by atoms with E-state index in [1.165, 1.54) is 0 Å². The number of fused-ring (bicyclic) bond motifs is 2. The van der Waals surface area contributed by atoms with Gasteiger partial charge in [0.05, 0.1) is 6.07 Å². The molecule has 0 fully saturated rings. The van der Waals surface area contributed by atoms with Gasteiger partial charge in [-0.1, -0.05) is 40.2 Å². The lowest BCUT2D eigenvalue weighted by Gasteiger charge is -2.11. The molecule has 0 bridgehead atoms. The van der Waals surface area contributed by atoms with Crippen molar-refractivity contribution in [2.75, 3.05) is 0 Å². The molecule has 1 atom stereocenters. The van der Waals surface area contributed by atoms with Gasteiger partial charge in [0.25, 0.3) is 0 Å². The first-order chi connectivity index (χ1) is 8.79. The summed E-state index contributed by atoms with van der Waals surface area (Å²) in [7, 11) is 0. The molecule has 1 aliphatic heterocycles. The van der Waals surface area contributed by atoms with Gasteiger partial charge in [-0.2, -0.15) is 5.26 Å². The minimum absolute atomic E-state index is 0.267. The summed E-state index contributed by atoms with van der Waals surface area (Å²) in [5.41, 5.74) is 3.04. The second kappa shape index (κ2) is 4.47. The molecular formula is C15H10BrNO. The quantitative estimate of drug-likeness (QED) is 0.737. The van der Waals surface area contributed by atoms with Gasteiger partial charge < -0.3 is 4.74 Å². The predicted molar refractivity (Wildman–Crippen MR) is 72.4 cm³/mol. The molecule has 2 aromatic rings. The van der Waals surface area contributed by atoms with Crippen molar-refractivity contribution >= 4 is 15.9 Å². The molecule has 2 nitrogen and oxygen atoms in total. The lowest BCUT2D eigenvalue weighted by Crippen LogP contribution is -2.00. The third kappa shape index (κ3) is 1.79. The number of nitrogens with zero attached hydrogens (tertiary/aromatic N) is 1. The standard InChI is InChI=1S/C15H10BrNO/c16-11-6-5-10-9-18-15-4-2-1-3-12(15)14(8-17)13(10)7-11/h1-7,14H,9H2/t14-/m1/s1. The number of nitriles is 1. The highest BCUT2D eigenvalue weighted by atomic mass is 79.9. The van der Waals surface area contributed by atoms with Crippen LogP contribution in [0.1, 0.15) is 22.6 Å². The van der Waals surface area contributed by atoms with Gasteiger partial charge in [-0.3, -0.25) is 0 Å². The van der Waals surface area contributed by atoms with Crippen LogP contribution in [0.2, 0.25) is 0 Å². The number of hydrogen-bond donors (Lipinski definition) is 0. The van der Waals surface area contributed by atoms with Gasteiger partial charge in [-0.25, -0.2) is 0 Å². The summed E-state index contributed by atoms with van der Waals surface area (Å²) < 4.78 is 6.77. The molecule has 1 heterocycles. The van der Waals surface area contributed by atoms with Crippen molar-refractivity contribution < 1.29 is 4.74 Å². The van der Waals surface area contributed by atoms with E-state index in [-0.39, 0.29) is 5.92 Å². The average Bonchev–Trinajstić information content (AvgIpc) is 2.54. The van der Waals surface area contributed by atoms with Crippen molar-refractivity contribution in [3.8, 4) is 11.8 Å². The largest absolute Gasteiger partial charge is 0.489 e. The average molecular weight is 300 g/mol. The highest BCUT2D eigenvalue weighted by Crippen LogP contribution is 2.37. The number of rotatable bonds is 0. The summed E-state index contributed by atoms with van der Waals surface area (Å²) in [5, 5.41) is 9.48. The molecule has 18 heavy (non-hydrogen) atoms. The monoisotopic (exact) mass is 299 g/mol. The molecule has 88 valence electrons. The molecule has 0 saturated carbocycles. The molecule has 0 radical (unpaired) electrons. The first-order valence-electron chi connectivity index (χ1n) is 5.69. The zero-order chi connectivity index (χ0) is 12.5. The van der Waals surface area contributed by atoms with Crippen LogP contribution < -0.4 is 4.74 Å². The van der Waals surface area contributed by atoms with Gasteiger partial charge in [-0.15, -0.1) is 0 Å². The van der Waals surface area contributed by atoms with Crippen LogP contribution in [0, 0.1) is 11.3 Å². The molecular weight excluding hydrogens is 290 g/mol. The van der Waals surface area contributed by atoms with Crippen LogP contribution in [0.4, 0.5) is 0 Å². The Balaban J connectivity index is 2.24. The molecule has 0 amide bonds. The first-order valence-corrected chi connectivity index (χ1v) is 6.48. The summed E-state index contributed by atoms with van der Waals surface area (Å²) >= 11 is 3.46. The zero-order valence-electron chi connectivity index (χ0n) is 9.56. The molecule has 0 N–H and O–H groups in total. The Morgan fingerprint density at radius 3 is 2.83 bits per heavy atom. The lowest BCUT2D eigenvalue weighted by atomic mass is 9.90. The Kier molecular flexibility index (Phi) is 2.81. The Morgan fingerprint density at radius 2 is 2.00 bits per heavy atom. The molecule has 0 aromatic heterocycles. The van der Waals surface area contributed by atoms with E-state index in [0.29, 0.717) is 6.61 Å². The maximum Gasteiger partial charge on any atom is 0.124 e. The van der Waals surface area contributed by atoms with E-state index in [4.69, 9.17) is 4.74 Å². The fourth-order valence-corrected chi connectivity index (χ4v) is 2.66. The Labute approximate surface area is 114 Å². The zero-order valence-corrected chi connectivity index (χ0v) is 11.1. The van der Waals surface area contributed by atoms with E-state index in [0.717, 1.165) is 26.9 Å². The second-order valence-corrected chi connectivity index (χ2v) is 5.15. The van der Waals surface area contributed by atoms with Gasteiger partial charge in [0, 0.05) is 10.0 Å². The Morgan fingerprint density at radius 1 is 1.17 bits per heavy atom. The smallest absolute Gasteiger partial charge is 0.124 e. The second-order valence-electron chi connectivity index (χ2n) is 4.23. The van der Waals surface area contributed by atoms with E-state index in [2.05, 4.69) is 22.0 Å². The van der Waals surface area contributed by atoms with Crippen molar-refractivity contribution in [3.63, 3.8) is 0 Å². The molecule has 1 aliphatic rings. The number of halogens is 1. The van der Waals surface area contributed by atoms with Crippen molar-refractivity contribution in [2.24, 2.45) is 0 Å². The van der Waals surface area contributed by atoms with Crippen LogP contribution in [0.25, 0.3) is 0 Å². The van der Waals surface area contributed by atoms with E-state index >= 15 is 0 Å². The maximum absolute atomic E-state index is 9.48. The number of benzene rings is 2. The topological polar surface area (TPSA) is 33.0 Å². The Bertz CT molecular complexity index is 645. The van der Waals surface area contributed by atoms with Crippen LogP contribution in [0.15, 0.2) is 46.9 Å². The van der Waals surface area contributed by atoms with E-state index in [9.17, 15) is 5.26 Å². The van der Waals surface area contributed by atoms with E-state index in [1.807, 2.05) is 42.5 Å². The minimum Gasteiger partial charge on any atom is -0.489 e. The number of hydrogen-bond acceptors (Lipinski definition) is 2. The number of ether oxygens (including phenoxy) is 1. The predicted octanol–water partition coefficient (Wildman–Crippen LogP) is 4.00.